The fourth-order valence-corrected chi connectivity index (χ4v) is 3.42. The third-order valence-corrected chi connectivity index (χ3v) is 4.79. The van der Waals surface area contributed by atoms with E-state index in [2.05, 4.69) is 35.7 Å². The van der Waals surface area contributed by atoms with Crippen LogP contribution in [0.4, 0.5) is 0 Å². The lowest BCUT2D eigenvalue weighted by atomic mass is 9.75. The van der Waals surface area contributed by atoms with E-state index in [0.717, 1.165) is 11.7 Å². The fraction of sp³-hybridized carbons (Fsp3) is 0.556. The van der Waals surface area contributed by atoms with E-state index in [0.29, 0.717) is 12.0 Å². The molecule has 2 aliphatic rings. The summed E-state index contributed by atoms with van der Waals surface area (Å²) in [4.78, 5) is 0. The first kappa shape index (κ1) is 13.7. The van der Waals surface area contributed by atoms with Crippen molar-refractivity contribution in [3.05, 3.63) is 42.0 Å². The van der Waals surface area contributed by atoms with E-state index < -0.39 is 0 Å². The molecule has 0 amide bonds. The third kappa shape index (κ3) is 3.06. The minimum Gasteiger partial charge on any atom is -0.496 e. The van der Waals surface area contributed by atoms with Crippen molar-refractivity contribution in [1.29, 1.82) is 0 Å². The zero-order valence-electron chi connectivity index (χ0n) is 12.3. The van der Waals surface area contributed by atoms with E-state index >= 15 is 0 Å². The van der Waals surface area contributed by atoms with Crippen LogP contribution in [-0.4, -0.2) is 19.7 Å². The normalized spacial score (nSPS) is 28.9. The van der Waals surface area contributed by atoms with Gasteiger partial charge in [0.15, 0.2) is 0 Å². The van der Waals surface area contributed by atoms with Crippen molar-refractivity contribution in [3.8, 4) is 5.75 Å². The predicted octanol–water partition coefficient (Wildman–Crippen LogP) is 3.89. The Kier molecular flexibility index (Phi) is 4.41. The van der Waals surface area contributed by atoms with Gasteiger partial charge in [0.2, 0.25) is 0 Å². The Morgan fingerprint density at radius 2 is 2.05 bits per heavy atom. The summed E-state index contributed by atoms with van der Waals surface area (Å²) < 4.78 is 5.46. The zero-order valence-corrected chi connectivity index (χ0v) is 12.3. The number of methoxy groups -OCH3 is 1. The quantitative estimate of drug-likeness (QED) is 0.820. The third-order valence-electron chi connectivity index (χ3n) is 4.79. The van der Waals surface area contributed by atoms with Gasteiger partial charge in [-0.15, -0.1) is 0 Å². The maximum absolute atomic E-state index is 5.46. The smallest absolute Gasteiger partial charge is 0.122 e. The molecule has 0 heterocycles. The van der Waals surface area contributed by atoms with Crippen molar-refractivity contribution >= 4 is 0 Å². The number of nitrogens with one attached hydrogen (secondary N) is 1. The van der Waals surface area contributed by atoms with Gasteiger partial charge in [-0.05, 0) is 62.1 Å². The second-order valence-electron chi connectivity index (χ2n) is 6.17. The molecule has 0 aromatic heterocycles. The number of allylic oxidation sites excluding steroid dienone is 2. The van der Waals surface area contributed by atoms with Crippen LogP contribution in [0.3, 0.4) is 0 Å². The van der Waals surface area contributed by atoms with Crippen LogP contribution in [-0.2, 0) is 0 Å². The largest absolute Gasteiger partial charge is 0.496 e. The summed E-state index contributed by atoms with van der Waals surface area (Å²) in [6.45, 7) is 1.19. The summed E-state index contributed by atoms with van der Waals surface area (Å²) in [7, 11) is 1.77. The summed E-state index contributed by atoms with van der Waals surface area (Å²) in [5, 5.41) is 3.75. The number of rotatable bonds is 5. The zero-order chi connectivity index (χ0) is 13.8. The topological polar surface area (TPSA) is 21.3 Å². The molecule has 20 heavy (non-hydrogen) atoms. The van der Waals surface area contributed by atoms with Crippen molar-refractivity contribution in [2.45, 2.75) is 44.1 Å². The van der Waals surface area contributed by atoms with E-state index in [9.17, 15) is 0 Å². The number of para-hydroxylation sites is 1. The minimum atomic E-state index is 0.676. The van der Waals surface area contributed by atoms with Gasteiger partial charge in [0.25, 0.3) is 0 Å². The standard InChI is InChI=1S/C18H25NO/c1-20-18-10-6-5-9-17(18)15-11-16(12-15)19-13-14-7-3-2-4-8-14/h2-3,5-6,9-10,14-16,19H,4,7-8,11-13H2,1H3. The molecule has 1 aromatic carbocycles. The van der Waals surface area contributed by atoms with Gasteiger partial charge < -0.3 is 10.1 Å². The summed E-state index contributed by atoms with van der Waals surface area (Å²) in [5.74, 6) is 2.58. The van der Waals surface area contributed by atoms with Gasteiger partial charge in [-0.25, -0.2) is 0 Å². The molecule has 1 unspecified atom stereocenters. The Balaban J connectivity index is 1.45. The maximum Gasteiger partial charge on any atom is 0.122 e. The van der Waals surface area contributed by atoms with Gasteiger partial charge in [-0.3, -0.25) is 0 Å². The van der Waals surface area contributed by atoms with Crippen LogP contribution in [0, 0.1) is 5.92 Å². The first-order valence-corrected chi connectivity index (χ1v) is 7.88. The second kappa shape index (κ2) is 6.45. The van der Waals surface area contributed by atoms with Gasteiger partial charge in [-0.1, -0.05) is 30.4 Å². The molecular formula is C18H25NO. The van der Waals surface area contributed by atoms with Crippen molar-refractivity contribution in [2.75, 3.05) is 13.7 Å². The summed E-state index contributed by atoms with van der Waals surface area (Å²) in [6.07, 6.45) is 11.0. The van der Waals surface area contributed by atoms with Gasteiger partial charge >= 0.3 is 0 Å². The van der Waals surface area contributed by atoms with E-state index in [1.165, 1.54) is 44.2 Å². The molecule has 0 saturated heterocycles. The lowest BCUT2D eigenvalue weighted by Gasteiger charge is -2.38. The Hall–Kier alpha value is -1.28. The van der Waals surface area contributed by atoms with Crippen LogP contribution in [0.2, 0.25) is 0 Å². The molecule has 1 atom stereocenters. The number of benzene rings is 1. The molecule has 1 N–H and O–H groups in total. The van der Waals surface area contributed by atoms with Crippen molar-refractivity contribution in [1.82, 2.24) is 5.32 Å². The van der Waals surface area contributed by atoms with Crippen LogP contribution in [0.15, 0.2) is 36.4 Å². The first-order chi connectivity index (χ1) is 9.86. The van der Waals surface area contributed by atoms with Crippen LogP contribution in [0.5, 0.6) is 5.75 Å². The van der Waals surface area contributed by atoms with Crippen LogP contribution < -0.4 is 10.1 Å². The molecule has 0 bridgehead atoms. The molecule has 3 rings (SSSR count). The Morgan fingerprint density at radius 1 is 1.20 bits per heavy atom. The van der Waals surface area contributed by atoms with Crippen LogP contribution in [0.1, 0.15) is 43.6 Å². The molecule has 0 aliphatic heterocycles. The lowest BCUT2D eigenvalue weighted by Crippen LogP contribution is -2.42. The number of hydrogen-bond donors (Lipinski definition) is 1. The number of ether oxygens (including phenoxy) is 1. The van der Waals surface area contributed by atoms with Crippen molar-refractivity contribution in [3.63, 3.8) is 0 Å². The first-order valence-electron chi connectivity index (χ1n) is 7.88. The average Bonchev–Trinajstić information content (AvgIpc) is 2.47. The monoisotopic (exact) mass is 271 g/mol. The molecule has 0 spiro atoms. The van der Waals surface area contributed by atoms with E-state index in [1.54, 1.807) is 7.11 Å². The highest BCUT2D eigenvalue weighted by atomic mass is 16.5. The highest BCUT2D eigenvalue weighted by Crippen LogP contribution is 2.41. The van der Waals surface area contributed by atoms with Crippen LogP contribution >= 0.6 is 0 Å². The molecule has 1 fully saturated rings. The average molecular weight is 271 g/mol. The highest BCUT2D eigenvalue weighted by Gasteiger charge is 2.31. The SMILES string of the molecule is COc1ccccc1C1CC(NCC2CC=CCC2)C1. The molecule has 2 nitrogen and oxygen atoms in total. The van der Waals surface area contributed by atoms with Gasteiger partial charge in [0, 0.05) is 6.04 Å². The molecule has 108 valence electrons. The molecule has 2 aliphatic carbocycles. The maximum atomic E-state index is 5.46. The molecule has 2 heteroatoms. The van der Waals surface area contributed by atoms with E-state index in [1.807, 2.05) is 6.07 Å². The molecule has 1 aromatic rings. The lowest BCUT2D eigenvalue weighted by molar-refractivity contribution is 0.266. The van der Waals surface area contributed by atoms with Gasteiger partial charge in [0.1, 0.15) is 5.75 Å². The van der Waals surface area contributed by atoms with Gasteiger partial charge in [-0.2, -0.15) is 0 Å². The second-order valence-corrected chi connectivity index (χ2v) is 6.17. The van der Waals surface area contributed by atoms with Crippen molar-refractivity contribution < 1.29 is 4.74 Å². The Morgan fingerprint density at radius 3 is 2.80 bits per heavy atom. The van der Waals surface area contributed by atoms with Crippen molar-refractivity contribution in [2.24, 2.45) is 5.92 Å². The Labute approximate surface area is 122 Å². The van der Waals surface area contributed by atoms with E-state index in [4.69, 9.17) is 4.74 Å². The minimum absolute atomic E-state index is 0.676. The molecule has 1 saturated carbocycles. The summed E-state index contributed by atoms with van der Waals surface area (Å²) >= 11 is 0. The van der Waals surface area contributed by atoms with E-state index in [-0.39, 0.29) is 0 Å². The molecule has 0 radical (unpaired) electrons. The van der Waals surface area contributed by atoms with Gasteiger partial charge in [0.05, 0.1) is 7.11 Å². The Bertz CT molecular complexity index is 462. The summed E-state index contributed by atoms with van der Waals surface area (Å²) in [5.41, 5.74) is 1.38. The molecular weight excluding hydrogens is 246 g/mol. The highest BCUT2D eigenvalue weighted by molar-refractivity contribution is 5.37. The fourth-order valence-electron chi connectivity index (χ4n) is 3.42. The number of hydrogen-bond acceptors (Lipinski definition) is 2. The predicted molar refractivity (Wildman–Crippen MR) is 83.2 cm³/mol. The van der Waals surface area contributed by atoms with Crippen LogP contribution in [0.25, 0.3) is 0 Å². The summed E-state index contributed by atoms with van der Waals surface area (Å²) in [6, 6.07) is 9.16.